The number of hydrogen-bond acceptors (Lipinski definition) is 5. The topological polar surface area (TPSA) is 45.2 Å². The molecule has 1 saturated heterocycles. The molecule has 2 aliphatic rings. The zero-order valence-corrected chi connectivity index (χ0v) is 14.8. The van der Waals surface area contributed by atoms with Crippen LogP contribution in [0, 0.1) is 0 Å². The average Bonchev–Trinajstić information content (AvgIpc) is 3.42. The van der Waals surface area contributed by atoms with Gasteiger partial charge >= 0.3 is 0 Å². The molecule has 0 N–H and O–H groups in total. The van der Waals surface area contributed by atoms with Crippen LogP contribution >= 0.6 is 0 Å². The monoisotopic (exact) mass is 345 g/mol. The molecule has 5 rings (SSSR count). The van der Waals surface area contributed by atoms with Gasteiger partial charge in [0, 0.05) is 49.5 Å². The maximum atomic E-state index is 4.52. The number of para-hydroxylation sites is 1. The molecule has 1 saturated carbocycles. The molecule has 2 aromatic heterocycles. The smallest absolute Gasteiger partial charge is 0.132 e. The standard InChI is InChI=1S/C21H23N5/c1-2-4-20-19(3-1)16(7-11-23-20)13-25-12-9-18(14-25)26(17-5-6-17)21-8-10-22-15-24-21/h1-4,7-8,10-11,15,17-18H,5-6,9,12-14H2. The summed E-state index contributed by atoms with van der Waals surface area (Å²) >= 11 is 0. The van der Waals surface area contributed by atoms with Crippen LogP contribution in [0.15, 0.2) is 55.1 Å². The van der Waals surface area contributed by atoms with E-state index >= 15 is 0 Å². The summed E-state index contributed by atoms with van der Waals surface area (Å²) in [7, 11) is 0. The van der Waals surface area contributed by atoms with Crippen molar-refractivity contribution in [1.29, 1.82) is 0 Å². The zero-order chi connectivity index (χ0) is 17.3. The summed E-state index contributed by atoms with van der Waals surface area (Å²) < 4.78 is 0. The molecule has 0 amide bonds. The quantitative estimate of drug-likeness (QED) is 0.710. The molecular weight excluding hydrogens is 322 g/mol. The van der Waals surface area contributed by atoms with Crippen LogP contribution in [0.4, 0.5) is 5.82 Å². The van der Waals surface area contributed by atoms with Crippen LogP contribution in [0.25, 0.3) is 10.9 Å². The van der Waals surface area contributed by atoms with E-state index in [0.29, 0.717) is 12.1 Å². The van der Waals surface area contributed by atoms with Crippen molar-refractivity contribution in [3.8, 4) is 0 Å². The highest BCUT2D eigenvalue weighted by Crippen LogP contribution is 2.35. The average molecular weight is 345 g/mol. The summed E-state index contributed by atoms with van der Waals surface area (Å²) in [6, 6.07) is 13.9. The van der Waals surface area contributed by atoms with Crippen LogP contribution in [0.1, 0.15) is 24.8 Å². The Kier molecular flexibility index (Phi) is 4.02. The molecule has 2 fully saturated rings. The Morgan fingerprint density at radius 1 is 0.962 bits per heavy atom. The third kappa shape index (κ3) is 3.03. The fourth-order valence-electron chi connectivity index (χ4n) is 4.18. The summed E-state index contributed by atoms with van der Waals surface area (Å²) in [5.41, 5.74) is 2.46. The van der Waals surface area contributed by atoms with E-state index in [-0.39, 0.29) is 0 Å². The number of nitrogens with zero attached hydrogens (tertiary/aromatic N) is 5. The number of pyridine rings is 1. The van der Waals surface area contributed by atoms with Crippen molar-refractivity contribution >= 4 is 16.7 Å². The Balaban J connectivity index is 1.34. The lowest BCUT2D eigenvalue weighted by molar-refractivity contribution is 0.325. The van der Waals surface area contributed by atoms with Crippen LogP contribution in [-0.2, 0) is 6.54 Å². The maximum absolute atomic E-state index is 4.52. The van der Waals surface area contributed by atoms with Gasteiger partial charge in [-0.1, -0.05) is 18.2 Å². The third-order valence-electron chi connectivity index (χ3n) is 5.55. The second kappa shape index (κ2) is 6.65. The van der Waals surface area contributed by atoms with E-state index in [1.807, 2.05) is 12.4 Å². The van der Waals surface area contributed by atoms with Gasteiger partial charge in [-0.2, -0.15) is 0 Å². The summed E-state index contributed by atoms with van der Waals surface area (Å²) in [5, 5.41) is 1.27. The molecule has 0 radical (unpaired) electrons. The van der Waals surface area contributed by atoms with E-state index in [1.54, 1.807) is 6.33 Å². The molecule has 26 heavy (non-hydrogen) atoms. The van der Waals surface area contributed by atoms with E-state index in [9.17, 15) is 0 Å². The van der Waals surface area contributed by atoms with Crippen molar-refractivity contribution < 1.29 is 0 Å². The molecule has 1 aliphatic carbocycles. The fraction of sp³-hybridized carbons (Fsp3) is 0.381. The summed E-state index contributed by atoms with van der Waals surface area (Å²) in [6.07, 6.45) is 9.23. The van der Waals surface area contributed by atoms with Gasteiger partial charge in [-0.15, -0.1) is 0 Å². The number of hydrogen-bond donors (Lipinski definition) is 0. The van der Waals surface area contributed by atoms with Gasteiger partial charge in [0.2, 0.25) is 0 Å². The van der Waals surface area contributed by atoms with E-state index in [4.69, 9.17) is 0 Å². The third-order valence-corrected chi connectivity index (χ3v) is 5.55. The van der Waals surface area contributed by atoms with Gasteiger partial charge in [0.15, 0.2) is 0 Å². The number of likely N-dealkylation sites (tertiary alicyclic amines) is 1. The molecule has 0 bridgehead atoms. The van der Waals surface area contributed by atoms with Crippen molar-refractivity contribution in [3.63, 3.8) is 0 Å². The van der Waals surface area contributed by atoms with Gasteiger partial charge in [-0.05, 0) is 43.0 Å². The van der Waals surface area contributed by atoms with Crippen LogP contribution in [-0.4, -0.2) is 45.0 Å². The lowest BCUT2D eigenvalue weighted by Gasteiger charge is -2.30. The highest BCUT2D eigenvalue weighted by atomic mass is 15.3. The van der Waals surface area contributed by atoms with Gasteiger partial charge in [0.05, 0.1) is 5.52 Å². The Labute approximate surface area is 153 Å². The van der Waals surface area contributed by atoms with Crippen LogP contribution in [0.3, 0.4) is 0 Å². The normalized spacial score (nSPS) is 20.5. The van der Waals surface area contributed by atoms with Crippen molar-refractivity contribution in [2.45, 2.75) is 37.9 Å². The highest BCUT2D eigenvalue weighted by Gasteiger charge is 2.37. The van der Waals surface area contributed by atoms with E-state index in [1.165, 1.54) is 30.2 Å². The Morgan fingerprint density at radius 3 is 2.73 bits per heavy atom. The maximum Gasteiger partial charge on any atom is 0.132 e. The first kappa shape index (κ1) is 15.7. The Hall–Kier alpha value is -2.53. The number of benzene rings is 1. The lowest BCUT2D eigenvalue weighted by Crippen LogP contribution is -2.39. The number of aromatic nitrogens is 3. The molecule has 5 heteroatoms. The SMILES string of the molecule is c1ccc2c(CN3CCC(N(c4ccncn4)C4CC4)C3)ccnc2c1. The van der Waals surface area contributed by atoms with Crippen molar-refractivity contribution in [2.75, 3.05) is 18.0 Å². The molecule has 132 valence electrons. The summed E-state index contributed by atoms with van der Waals surface area (Å²) in [6.45, 7) is 3.22. The zero-order valence-electron chi connectivity index (χ0n) is 14.8. The van der Waals surface area contributed by atoms with E-state index in [2.05, 4.69) is 61.1 Å². The predicted octanol–water partition coefficient (Wildman–Crippen LogP) is 3.27. The minimum atomic E-state index is 0.547. The lowest BCUT2D eigenvalue weighted by atomic mass is 10.1. The van der Waals surface area contributed by atoms with Gasteiger partial charge < -0.3 is 4.90 Å². The van der Waals surface area contributed by atoms with Crippen LogP contribution in [0.5, 0.6) is 0 Å². The number of fused-ring (bicyclic) bond motifs is 1. The van der Waals surface area contributed by atoms with Crippen molar-refractivity contribution in [1.82, 2.24) is 19.9 Å². The molecule has 1 atom stereocenters. The summed E-state index contributed by atoms with van der Waals surface area (Å²) in [5.74, 6) is 1.09. The summed E-state index contributed by atoms with van der Waals surface area (Å²) in [4.78, 5) is 18.2. The fourth-order valence-corrected chi connectivity index (χ4v) is 4.18. The molecular formula is C21H23N5. The second-order valence-corrected chi connectivity index (χ2v) is 7.37. The number of rotatable bonds is 5. The minimum absolute atomic E-state index is 0.547. The van der Waals surface area contributed by atoms with Gasteiger partial charge in [-0.25, -0.2) is 9.97 Å². The predicted molar refractivity (Wildman–Crippen MR) is 103 cm³/mol. The van der Waals surface area contributed by atoms with Crippen LogP contribution < -0.4 is 4.90 Å². The van der Waals surface area contributed by atoms with E-state index < -0.39 is 0 Å². The Bertz CT molecular complexity index is 888. The molecule has 0 spiro atoms. The Morgan fingerprint density at radius 2 is 1.88 bits per heavy atom. The second-order valence-electron chi connectivity index (χ2n) is 7.37. The first-order valence-electron chi connectivity index (χ1n) is 9.48. The molecule has 1 aliphatic heterocycles. The first-order chi connectivity index (χ1) is 12.9. The largest absolute Gasteiger partial charge is 0.349 e. The first-order valence-corrected chi connectivity index (χ1v) is 9.48. The number of anilines is 1. The molecule has 5 nitrogen and oxygen atoms in total. The van der Waals surface area contributed by atoms with E-state index in [0.717, 1.165) is 31.0 Å². The van der Waals surface area contributed by atoms with Crippen molar-refractivity contribution in [2.24, 2.45) is 0 Å². The molecule has 3 aromatic rings. The van der Waals surface area contributed by atoms with Gasteiger partial charge in [0.25, 0.3) is 0 Å². The molecule has 1 unspecified atom stereocenters. The van der Waals surface area contributed by atoms with Gasteiger partial charge in [0.1, 0.15) is 12.1 Å². The minimum Gasteiger partial charge on any atom is -0.349 e. The highest BCUT2D eigenvalue weighted by molar-refractivity contribution is 5.81. The molecule has 1 aromatic carbocycles. The van der Waals surface area contributed by atoms with Gasteiger partial charge in [-0.3, -0.25) is 9.88 Å². The van der Waals surface area contributed by atoms with Crippen molar-refractivity contribution in [3.05, 3.63) is 60.7 Å². The van der Waals surface area contributed by atoms with Crippen LogP contribution in [0.2, 0.25) is 0 Å². The molecule has 3 heterocycles.